The fourth-order valence-corrected chi connectivity index (χ4v) is 4.48. The normalized spacial score (nSPS) is 14.7. The van der Waals surface area contributed by atoms with Crippen molar-refractivity contribution in [1.82, 2.24) is 5.32 Å². The van der Waals surface area contributed by atoms with Crippen LogP contribution < -0.4 is 19.7 Å². The largest absolute Gasteiger partial charge is 0.490 e. The average Bonchev–Trinajstić information content (AvgIpc) is 2.83. The fourth-order valence-electron chi connectivity index (χ4n) is 3.90. The van der Waals surface area contributed by atoms with Gasteiger partial charge in [-0.15, -0.1) is 0 Å². The summed E-state index contributed by atoms with van der Waals surface area (Å²) in [6, 6.07) is 17.7. The molecule has 1 aliphatic heterocycles. The molecule has 0 aliphatic carbocycles. The van der Waals surface area contributed by atoms with Crippen LogP contribution >= 0.6 is 15.9 Å². The number of hydrogen-bond donors (Lipinski definition) is 1. The summed E-state index contributed by atoms with van der Waals surface area (Å²) in [4.78, 5) is 39.5. The summed E-state index contributed by atoms with van der Waals surface area (Å²) in [5.74, 6) is -0.492. The van der Waals surface area contributed by atoms with E-state index < -0.39 is 17.8 Å². The van der Waals surface area contributed by atoms with Crippen LogP contribution in [0.5, 0.6) is 11.5 Å². The van der Waals surface area contributed by atoms with Crippen molar-refractivity contribution in [3.63, 3.8) is 0 Å². The molecule has 0 saturated carbocycles. The minimum Gasteiger partial charge on any atom is -0.490 e. The molecule has 184 valence electrons. The molecule has 0 spiro atoms. The molecular weight excluding hydrogens is 524 g/mol. The van der Waals surface area contributed by atoms with E-state index in [4.69, 9.17) is 9.47 Å². The lowest BCUT2D eigenvalue weighted by Crippen LogP contribution is -2.54. The van der Waals surface area contributed by atoms with E-state index in [-0.39, 0.29) is 5.57 Å². The molecule has 1 heterocycles. The van der Waals surface area contributed by atoms with Gasteiger partial charge in [0.25, 0.3) is 11.8 Å². The van der Waals surface area contributed by atoms with E-state index in [1.165, 1.54) is 6.08 Å². The zero-order valence-electron chi connectivity index (χ0n) is 20.1. The van der Waals surface area contributed by atoms with Crippen molar-refractivity contribution in [3.05, 3.63) is 93.0 Å². The van der Waals surface area contributed by atoms with E-state index in [2.05, 4.69) is 21.2 Å². The number of imide groups is 2. The molecule has 36 heavy (non-hydrogen) atoms. The standard InChI is InChI=1S/C28H25BrN2O5/c1-4-35-24-15-20(14-22(29)25(24)36-16-19-8-6-5-7-9-19)13-21-26(32)30-28(34)31(27(21)33)23-11-10-17(2)12-18(23)3/h5-15H,4,16H2,1-3H3,(H,30,32,34)/b21-13+. The van der Waals surface area contributed by atoms with Crippen molar-refractivity contribution in [2.75, 3.05) is 11.5 Å². The molecule has 1 saturated heterocycles. The molecule has 4 amide bonds. The van der Waals surface area contributed by atoms with Crippen LogP contribution in [0.15, 0.2) is 70.7 Å². The quantitative estimate of drug-likeness (QED) is 0.302. The van der Waals surface area contributed by atoms with Gasteiger partial charge >= 0.3 is 6.03 Å². The Kier molecular flexibility index (Phi) is 7.55. The molecule has 0 atom stereocenters. The minimum atomic E-state index is -0.782. The Morgan fingerprint density at radius 3 is 2.42 bits per heavy atom. The molecule has 0 aromatic heterocycles. The Morgan fingerprint density at radius 2 is 1.72 bits per heavy atom. The number of hydrogen-bond acceptors (Lipinski definition) is 5. The topological polar surface area (TPSA) is 84.9 Å². The Balaban J connectivity index is 1.68. The molecule has 3 aromatic carbocycles. The predicted octanol–water partition coefficient (Wildman–Crippen LogP) is 5.71. The lowest BCUT2D eigenvalue weighted by Gasteiger charge is -2.27. The van der Waals surface area contributed by atoms with Crippen molar-refractivity contribution in [1.29, 1.82) is 0 Å². The molecule has 7 nitrogen and oxygen atoms in total. The van der Waals surface area contributed by atoms with Crippen molar-refractivity contribution in [2.24, 2.45) is 0 Å². The summed E-state index contributed by atoms with van der Waals surface area (Å²) >= 11 is 3.53. The first-order chi connectivity index (χ1) is 17.3. The van der Waals surface area contributed by atoms with E-state index >= 15 is 0 Å². The lowest BCUT2D eigenvalue weighted by molar-refractivity contribution is -0.122. The highest BCUT2D eigenvalue weighted by atomic mass is 79.9. The first kappa shape index (κ1) is 25.2. The molecule has 0 radical (unpaired) electrons. The van der Waals surface area contributed by atoms with Gasteiger partial charge in [-0.3, -0.25) is 14.9 Å². The molecule has 1 aliphatic rings. The van der Waals surface area contributed by atoms with Crippen LogP contribution in [0.25, 0.3) is 6.08 Å². The van der Waals surface area contributed by atoms with Crippen LogP contribution in [0.4, 0.5) is 10.5 Å². The number of benzene rings is 3. The molecule has 0 bridgehead atoms. The number of urea groups is 1. The number of nitrogens with zero attached hydrogens (tertiary/aromatic N) is 1. The number of carbonyl (C=O) groups excluding carboxylic acids is 3. The predicted molar refractivity (Wildman–Crippen MR) is 141 cm³/mol. The number of amides is 4. The zero-order valence-corrected chi connectivity index (χ0v) is 21.7. The smallest absolute Gasteiger partial charge is 0.335 e. The van der Waals surface area contributed by atoms with Gasteiger partial charge in [-0.25, -0.2) is 9.69 Å². The van der Waals surface area contributed by atoms with Crippen LogP contribution in [0.1, 0.15) is 29.2 Å². The minimum absolute atomic E-state index is 0.165. The summed E-state index contributed by atoms with van der Waals surface area (Å²) in [5.41, 5.74) is 3.53. The third-order valence-electron chi connectivity index (χ3n) is 5.56. The highest BCUT2D eigenvalue weighted by Gasteiger charge is 2.37. The van der Waals surface area contributed by atoms with Crippen molar-refractivity contribution in [3.8, 4) is 11.5 Å². The third kappa shape index (κ3) is 5.33. The van der Waals surface area contributed by atoms with Crippen LogP contribution in [-0.4, -0.2) is 24.5 Å². The van der Waals surface area contributed by atoms with Gasteiger partial charge < -0.3 is 9.47 Å². The van der Waals surface area contributed by atoms with Gasteiger partial charge in [-0.2, -0.15) is 0 Å². The highest BCUT2D eigenvalue weighted by Crippen LogP contribution is 2.38. The zero-order chi connectivity index (χ0) is 25.8. The molecule has 1 N–H and O–H groups in total. The summed E-state index contributed by atoms with van der Waals surface area (Å²) in [6.45, 7) is 6.31. The number of halogens is 1. The van der Waals surface area contributed by atoms with Gasteiger partial charge in [-0.05, 0) is 77.7 Å². The van der Waals surface area contributed by atoms with Crippen molar-refractivity contribution in [2.45, 2.75) is 27.4 Å². The fraction of sp³-hybridized carbons (Fsp3) is 0.179. The Hall–Kier alpha value is -3.91. The monoisotopic (exact) mass is 548 g/mol. The third-order valence-corrected chi connectivity index (χ3v) is 6.15. The molecule has 8 heteroatoms. The average molecular weight is 549 g/mol. The molecule has 3 aromatic rings. The van der Waals surface area contributed by atoms with Gasteiger partial charge in [0.1, 0.15) is 12.2 Å². The second-order valence-electron chi connectivity index (χ2n) is 8.29. The number of nitrogens with one attached hydrogen (secondary N) is 1. The van der Waals surface area contributed by atoms with Gasteiger partial charge in [0.15, 0.2) is 11.5 Å². The maximum Gasteiger partial charge on any atom is 0.335 e. The Labute approximate surface area is 217 Å². The number of aryl methyl sites for hydroxylation is 2. The van der Waals surface area contributed by atoms with Gasteiger partial charge in [0.2, 0.25) is 0 Å². The number of barbiturate groups is 1. The van der Waals surface area contributed by atoms with Crippen LogP contribution in [0.3, 0.4) is 0 Å². The van der Waals surface area contributed by atoms with Crippen molar-refractivity contribution < 1.29 is 23.9 Å². The molecule has 4 rings (SSSR count). The van der Waals surface area contributed by atoms with Crippen LogP contribution in [0, 0.1) is 13.8 Å². The summed E-state index contributed by atoms with van der Waals surface area (Å²) in [5, 5.41) is 2.27. The summed E-state index contributed by atoms with van der Waals surface area (Å²) in [6.07, 6.45) is 1.44. The van der Waals surface area contributed by atoms with Crippen molar-refractivity contribution >= 4 is 45.5 Å². The van der Waals surface area contributed by atoms with E-state index in [1.54, 1.807) is 18.2 Å². The number of rotatable bonds is 7. The Morgan fingerprint density at radius 1 is 0.972 bits per heavy atom. The summed E-state index contributed by atoms with van der Waals surface area (Å²) in [7, 11) is 0. The number of ether oxygens (including phenoxy) is 2. The highest BCUT2D eigenvalue weighted by molar-refractivity contribution is 9.10. The SMILES string of the molecule is CCOc1cc(/C=C2\C(=O)NC(=O)N(c3ccc(C)cc3C)C2=O)cc(Br)c1OCc1ccccc1. The van der Waals surface area contributed by atoms with Crippen LogP contribution in [-0.2, 0) is 16.2 Å². The number of anilines is 1. The maximum absolute atomic E-state index is 13.3. The Bertz CT molecular complexity index is 1370. The van der Waals surface area contributed by atoms with E-state index in [9.17, 15) is 14.4 Å². The second kappa shape index (κ2) is 10.8. The molecular formula is C28H25BrN2O5. The van der Waals surface area contributed by atoms with E-state index in [1.807, 2.05) is 63.2 Å². The van der Waals surface area contributed by atoms with Gasteiger partial charge in [-0.1, -0.05) is 48.0 Å². The number of carbonyl (C=O) groups is 3. The van der Waals surface area contributed by atoms with Crippen LogP contribution in [0.2, 0.25) is 0 Å². The maximum atomic E-state index is 13.3. The van der Waals surface area contributed by atoms with Gasteiger partial charge in [0, 0.05) is 0 Å². The molecule has 1 fully saturated rings. The van der Waals surface area contributed by atoms with E-state index in [0.717, 1.165) is 21.6 Å². The molecule has 0 unspecified atom stereocenters. The summed E-state index contributed by atoms with van der Waals surface area (Å²) < 4.78 is 12.4. The first-order valence-corrected chi connectivity index (χ1v) is 12.2. The second-order valence-corrected chi connectivity index (χ2v) is 9.14. The van der Waals surface area contributed by atoms with Gasteiger partial charge in [0.05, 0.1) is 16.8 Å². The lowest BCUT2D eigenvalue weighted by atomic mass is 10.0. The first-order valence-electron chi connectivity index (χ1n) is 11.4. The van der Waals surface area contributed by atoms with E-state index in [0.29, 0.717) is 40.4 Å².